The fourth-order valence-corrected chi connectivity index (χ4v) is 2.54. The van der Waals surface area contributed by atoms with Crippen LogP contribution in [0.5, 0.6) is 0 Å². The van der Waals surface area contributed by atoms with Crippen molar-refractivity contribution in [1.29, 1.82) is 0 Å². The maximum atomic E-state index is 12.0. The second-order valence-electron chi connectivity index (χ2n) is 5.43. The van der Waals surface area contributed by atoms with Crippen molar-refractivity contribution in [2.24, 2.45) is 4.99 Å². The van der Waals surface area contributed by atoms with E-state index >= 15 is 0 Å². The van der Waals surface area contributed by atoms with Crippen LogP contribution in [0.4, 0.5) is 0 Å². The minimum absolute atomic E-state index is 0.0996. The van der Waals surface area contributed by atoms with Crippen LogP contribution in [0.3, 0.4) is 0 Å². The van der Waals surface area contributed by atoms with Gasteiger partial charge in [0.1, 0.15) is 5.15 Å². The lowest BCUT2D eigenvalue weighted by Gasteiger charge is -2.12. The van der Waals surface area contributed by atoms with Gasteiger partial charge in [0, 0.05) is 42.9 Å². The van der Waals surface area contributed by atoms with E-state index in [-0.39, 0.29) is 5.91 Å². The second-order valence-corrected chi connectivity index (χ2v) is 6.73. The molecule has 0 aliphatic carbocycles. The number of hydrogen-bond donors (Lipinski definition) is 3. The van der Waals surface area contributed by atoms with E-state index in [2.05, 4.69) is 41.9 Å². The normalized spacial score (nSPS) is 11.1. The Hall–Kier alpha value is -2.12. The SMILES string of the molecule is CN=C(NCCNC(=O)c1ccc(Br)cc1)NCCc1ccc(Cl)nc1. The molecule has 3 N–H and O–H groups in total. The molecular formula is C18H21BrClN5O. The highest BCUT2D eigenvalue weighted by Gasteiger charge is 2.04. The Morgan fingerprint density at radius 3 is 2.42 bits per heavy atom. The van der Waals surface area contributed by atoms with Crippen molar-refractivity contribution in [3.63, 3.8) is 0 Å². The Bertz CT molecular complexity index is 734. The fourth-order valence-electron chi connectivity index (χ4n) is 2.16. The number of benzene rings is 1. The molecule has 1 heterocycles. The standard InChI is InChI=1S/C18H21BrClN5O/c1-21-18(23-9-8-13-2-7-16(20)25-12-13)24-11-10-22-17(26)14-3-5-15(19)6-4-14/h2-7,12H,8-11H2,1H3,(H,22,26)(H2,21,23,24). The summed E-state index contributed by atoms with van der Waals surface area (Å²) in [4.78, 5) is 20.2. The zero-order valence-corrected chi connectivity index (χ0v) is 16.8. The molecule has 8 heteroatoms. The van der Waals surface area contributed by atoms with E-state index in [4.69, 9.17) is 11.6 Å². The smallest absolute Gasteiger partial charge is 0.251 e. The molecule has 0 unspecified atom stereocenters. The average Bonchev–Trinajstić information content (AvgIpc) is 2.65. The molecule has 1 aromatic carbocycles. The molecule has 2 rings (SSSR count). The van der Waals surface area contributed by atoms with Crippen LogP contribution in [0.2, 0.25) is 5.15 Å². The van der Waals surface area contributed by atoms with Crippen LogP contribution in [0.1, 0.15) is 15.9 Å². The molecule has 0 bridgehead atoms. The summed E-state index contributed by atoms with van der Waals surface area (Å²) in [5, 5.41) is 9.73. The zero-order chi connectivity index (χ0) is 18.8. The predicted molar refractivity (Wildman–Crippen MR) is 109 cm³/mol. The third kappa shape index (κ3) is 7.01. The number of amides is 1. The molecule has 0 spiro atoms. The minimum atomic E-state index is -0.0996. The fraction of sp³-hybridized carbons (Fsp3) is 0.278. The number of carbonyl (C=O) groups excluding carboxylic acids is 1. The van der Waals surface area contributed by atoms with E-state index in [1.54, 1.807) is 31.4 Å². The second kappa shape index (κ2) is 10.8. The summed E-state index contributed by atoms with van der Waals surface area (Å²) in [7, 11) is 1.71. The van der Waals surface area contributed by atoms with E-state index in [0.717, 1.165) is 16.5 Å². The van der Waals surface area contributed by atoms with Crippen LogP contribution in [-0.4, -0.2) is 43.5 Å². The van der Waals surface area contributed by atoms with Gasteiger partial charge in [0.25, 0.3) is 5.91 Å². The molecule has 138 valence electrons. The number of nitrogens with zero attached hydrogens (tertiary/aromatic N) is 2. The zero-order valence-electron chi connectivity index (χ0n) is 14.4. The first kappa shape index (κ1) is 20.2. The van der Waals surface area contributed by atoms with Crippen LogP contribution in [0.15, 0.2) is 52.1 Å². The van der Waals surface area contributed by atoms with Crippen LogP contribution in [0, 0.1) is 0 Å². The predicted octanol–water partition coefficient (Wildman–Crippen LogP) is 2.63. The van der Waals surface area contributed by atoms with E-state index in [1.165, 1.54) is 0 Å². The van der Waals surface area contributed by atoms with Gasteiger partial charge in [0.15, 0.2) is 5.96 Å². The van der Waals surface area contributed by atoms with E-state index in [1.807, 2.05) is 18.2 Å². The highest BCUT2D eigenvalue weighted by molar-refractivity contribution is 9.10. The molecule has 1 amide bonds. The molecule has 0 saturated carbocycles. The molecule has 0 saturated heterocycles. The Morgan fingerprint density at radius 2 is 1.77 bits per heavy atom. The van der Waals surface area contributed by atoms with Gasteiger partial charge in [-0.05, 0) is 42.3 Å². The molecule has 0 radical (unpaired) electrons. The third-order valence-corrected chi connectivity index (χ3v) is 4.28. The number of pyridine rings is 1. The van der Waals surface area contributed by atoms with E-state index < -0.39 is 0 Å². The van der Waals surface area contributed by atoms with Gasteiger partial charge in [0.2, 0.25) is 0 Å². The Kier molecular flexibility index (Phi) is 8.37. The van der Waals surface area contributed by atoms with Crippen molar-refractivity contribution in [3.05, 3.63) is 63.3 Å². The Morgan fingerprint density at radius 1 is 1.08 bits per heavy atom. The molecular weight excluding hydrogens is 418 g/mol. The lowest BCUT2D eigenvalue weighted by Crippen LogP contribution is -2.42. The van der Waals surface area contributed by atoms with Crippen molar-refractivity contribution < 1.29 is 4.79 Å². The molecule has 0 aliphatic heterocycles. The highest BCUT2D eigenvalue weighted by Crippen LogP contribution is 2.10. The van der Waals surface area contributed by atoms with Crippen molar-refractivity contribution in [2.75, 3.05) is 26.7 Å². The van der Waals surface area contributed by atoms with Gasteiger partial charge in [0.05, 0.1) is 0 Å². The first-order valence-corrected chi connectivity index (χ1v) is 9.34. The van der Waals surface area contributed by atoms with Gasteiger partial charge in [-0.3, -0.25) is 9.79 Å². The Labute approximate surface area is 166 Å². The van der Waals surface area contributed by atoms with Crippen molar-refractivity contribution in [3.8, 4) is 0 Å². The molecule has 1 aromatic heterocycles. The monoisotopic (exact) mass is 437 g/mol. The van der Waals surface area contributed by atoms with Crippen LogP contribution < -0.4 is 16.0 Å². The number of hydrogen-bond acceptors (Lipinski definition) is 3. The lowest BCUT2D eigenvalue weighted by molar-refractivity contribution is 0.0954. The van der Waals surface area contributed by atoms with Crippen LogP contribution in [0.25, 0.3) is 0 Å². The van der Waals surface area contributed by atoms with Crippen molar-refractivity contribution in [2.45, 2.75) is 6.42 Å². The summed E-state index contributed by atoms with van der Waals surface area (Å²) >= 11 is 9.12. The molecule has 0 aliphatic rings. The van der Waals surface area contributed by atoms with Crippen molar-refractivity contribution in [1.82, 2.24) is 20.9 Å². The van der Waals surface area contributed by atoms with Gasteiger partial charge in [-0.25, -0.2) is 4.98 Å². The maximum absolute atomic E-state index is 12.0. The number of aliphatic imine (C=N–C) groups is 1. The maximum Gasteiger partial charge on any atom is 0.251 e. The minimum Gasteiger partial charge on any atom is -0.356 e. The number of rotatable bonds is 7. The topological polar surface area (TPSA) is 78.4 Å². The van der Waals surface area contributed by atoms with Gasteiger partial charge in [-0.1, -0.05) is 33.6 Å². The summed E-state index contributed by atoms with van der Waals surface area (Å²) in [6, 6.07) is 11.0. The molecule has 26 heavy (non-hydrogen) atoms. The van der Waals surface area contributed by atoms with Gasteiger partial charge in [-0.2, -0.15) is 0 Å². The number of aromatic nitrogens is 1. The number of nitrogens with one attached hydrogen (secondary N) is 3. The Balaban J connectivity index is 1.64. The molecule has 2 aromatic rings. The number of guanidine groups is 1. The van der Waals surface area contributed by atoms with Crippen molar-refractivity contribution >= 4 is 39.4 Å². The summed E-state index contributed by atoms with van der Waals surface area (Å²) < 4.78 is 0.944. The summed E-state index contributed by atoms with van der Waals surface area (Å²) in [5.74, 6) is 0.585. The van der Waals surface area contributed by atoms with E-state index in [0.29, 0.717) is 36.3 Å². The third-order valence-electron chi connectivity index (χ3n) is 3.53. The number of carbonyl (C=O) groups is 1. The van der Waals surface area contributed by atoms with E-state index in [9.17, 15) is 4.79 Å². The van der Waals surface area contributed by atoms with Gasteiger partial charge in [-0.15, -0.1) is 0 Å². The summed E-state index contributed by atoms with van der Waals surface area (Å²) in [5.41, 5.74) is 1.73. The number of halogens is 2. The average molecular weight is 439 g/mol. The van der Waals surface area contributed by atoms with Crippen LogP contribution >= 0.6 is 27.5 Å². The summed E-state index contributed by atoms with van der Waals surface area (Å²) in [6.07, 6.45) is 2.57. The molecule has 0 atom stereocenters. The largest absolute Gasteiger partial charge is 0.356 e. The first-order chi connectivity index (χ1) is 12.6. The first-order valence-electron chi connectivity index (χ1n) is 8.17. The summed E-state index contributed by atoms with van der Waals surface area (Å²) in [6.45, 7) is 1.79. The quantitative estimate of drug-likeness (QED) is 0.269. The lowest BCUT2D eigenvalue weighted by atomic mass is 10.2. The van der Waals surface area contributed by atoms with Crippen LogP contribution in [-0.2, 0) is 6.42 Å². The highest BCUT2D eigenvalue weighted by atomic mass is 79.9. The molecule has 0 fully saturated rings. The van der Waals surface area contributed by atoms with Gasteiger partial charge >= 0.3 is 0 Å². The molecule has 6 nitrogen and oxygen atoms in total. The van der Waals surface area contributed by atoms with Gasteiger partial charge < -0.3 is 16.0 Å².